The zero-order chi connectivity index (χ0) is 13.3. The fourth-order valence-electron chi connectivity index (χ4n) is 2.30. The van der Waals surface area contributed by atoms with Crippen LogP contribution in [0.15, 0.2) is 23.2 Å². The summed E-state index contributed by atoms with van der Waals surface area (Å²) in [6.07, 6.45) is 9.25. The number of hydrogen-bond acceptors (Lipinski definition) is 4. The molecule has 2 heterocycles. The van der Waals surface area contributed by atoms with Gasteiger partial charge in [0.15, 0.2) is 11.5 Å². The van der Waals surface area contributed by atoms with E-state index in [0.717, 1.165) is 35.6 Å². The third-order valence-electron chi connectivity index (χ3n) is 3.77. The maximum Gasteiger partial charge on any atom is 0.180 e. The molecular formula is C13H17BrN4O. The van der Waals surface area contributed by atoms with E-state index in [9.17, 15) is 0 Å². The van der Waals surface area contributed by atoms with Crippen LogP contribution in [0.4, 0.5) is 5.82 Å². The molecule has 1 saturated carbocycles. The van der Waals surface area contributed by atoms with E-state index in [1.165, 1.54) is 12.8 Å². The summed E-state index contributed by atoms with van der Waals surface area (Å²) in [6.45, 7) is 1.76. The summed E-state index contributed by atoms with van der Waals surface area (Å²) in [5.41, 5.74) is 1.26. The molecule has 2 aromatic rings. The number of imidazole rings is 1. The summed E-state index contributed by atoms with van der Waals surface area (Å²) in [6, 6.07) is 0. The van der Waals surface area contributed by atoms with Gasteiger partial charge in [0.1, 0.15) is 4.60 Å². The van der Waals surface area contributed by atoms with Gasteiger partial charge in [-0.25, -0.2) is 9.97 Å². The Hall–Kier alpha value is -1.14. The number of aromatic nitrogens is 3. The molecule has 0 aliphatic heterocycles. The Bertz CT molecular complexity index is 579. The summed E-state index contributed by atoms with van der Waals surface area (Å²) >= 11 is 3.43. The van der Waals surface area contributed by atoms with Gasteiger partial charge >= 0.3 is 0 Å². The second kappa shape index (κ2) is 5.09. The second-order valence-electron chi connectivity index (χ2n) is 5.17. The molecule has 1 fully saturated rings. The third kappa shape index (κ3) is 2.74. The minimum absolute atomic E-state index is 0.392. The Morgan fingerprint density at radius 3 is 3.11 bits per heavy atom. The van der Waals surface area contributed by atoms with Gasteiger partial charge < -0.3 is 14.5 Å². The van der Waals surface area contributed by atoms with Gasteiger partial charge in [-0.3, -0.25) is 0 Å². The topological polar surface area (TPSA) is 51.5 Å². The third-order valence-corrected chi connectivity index (χ3v) is 4.15. The number of ether oxygens (including phenoxy) is 1. The predicted octanol–water partition coefficient (Wildman–Crippen LogP) is 2.72. The molecule has 0 bridgehead atoms. The lowest BCUT2D eigenvalue weighted by Gasteiger charge is -2.16. The molecule has 6 heteroatoms. The number of methoxy groups -OCH3 is 1. The number of nitrogens with zero attached hydrogens (tertiary/aromatic N) is 3. The Labute approximate surface area is 120 Å². The van der Waals surface area contributed by atoms with Gasteiger partial charge in [0, 0.05) is 38.9 Å². The Morgan fingerprint density at radius 2 is 2.37 bits per heavy atom. The lowest BCUT2D eigenvalue weighted by molar-refractivity contribution is 0.175. The predicted molar refractivity (Wildman–Crippen MR) is 77.3 cm³/mol. The highest BCUT2D eigenvalue weighted by atomic mass is 79.9. The van der Waals surface area contributed by atoms with E-state index < -0.39 is 0 Å². The molecular weight excluding hydrogens is 308 g/mol. The van der Waals surface area contributed by atoms with E-state index in [0.29, 0.717) is 5.41 Å². The SMILES string of the molecule is COCCC1(CNc2nc(Br)cn3ccnc23)CC1. The van der Waals surface area contributed by atoms with Gasteiger partial charge in [-0.1, -0.05) is 0 Å². The first-order chi connectivity index (χ1) is 9.22. The minimum atomic E-state index is 0.392. The van der Waals surface area contributed by atoms with Crippen LogP contribution in [0.5, 0.6) is 0 Å². The van der Waals surface area contributed by atoms with Crippen LogP contribution in [0.1, 0.15) is 19.3 Å². The summed E-state index contributed by atoms with van der Waals surface area (Å²) in [4.78, 5) is 8.81. The van der Waals surface area contributed by atoms with E-state index in [-0.39, 0.29) is 0 Å². The molecule has 2 aromatic heterocycles. The number of rotatable bonds is 6. The minimum Gasteiger partial charge on any atom is -0.385 e. The number of anilines is 1. The average molecular weight is 325 g/mol. The average Bonchev–Trinajstić information content (AvgIpc) is 3.02. The quantitative estimate of drug-likeness (QED) is 0.887. The number of hydrogen-bond donors (Lipinski definition) is 1. The van der Waals surface area contributed by atoms with Crippen molar-refractivity contribution in [3.63, 3.8) is 0 Å². The molecule has 0 atom stereocenters. The molecule has 1 aliphatic carbocycles. The normalized spacial score (nSPS) is 16.7. The molecule has 5 nitrogen and oxygen atoms in total. The molecule has 0 saturated heterocycles. The summed E-state index contributed by atoms with van der Waals surface area (Å²) in [5.74, 6) is 0.836. The van der Waals surface area contributed by atoms with Crippen LogP contribution in [0.3, 0.4) is 0 Å². The molecule has 1 N–H and O–H groups in total. The maximum atomic E-state index is 5.18. The second-order valence-corrected chi connectivity index (χ2v) is 5.98. The van der Waals surface area contributed by atoms with Crippen molar-refractivity contribution in [2.75, 3.05) is 25.6 Å². The van der Waals surface area contributed by atoms with Gasteiger partial charge in [0.25, 0.3) is 0 Å². The van der Waals surface area contributed by atoms with Gasteiger partial charge in [-0.2, -0.15) is 0 Å². The highest BCUT2D eigenvalue weighted by Gasteiger charge is 2.41. The molecule has 102 valence electrons. The van der Waals surface area contributed by atoms with Crippen LogP contribution in [-0.4, -0.2) is 34.6 Å². The summed E-state index contributed by atoms with van der Waals surface area (Å²) in [5, 5.41) is 3.45. The van der Waals surface area contributed by atoms with Crippen molar-refractivity contribution in [2.24, 2.45) is 5.41 Å². The first kappa shape index (κ1) is 12.9. The number of nitrogens with one attached hydrogen (secondary N) is 1. The van der Waals surface area contributed by atoms with Gasteiger partial charge in [0.05, 0.1) is 0 Å². The molecule has 19 heavy (non-hydrogen) atoms. The largest absolute Gasteiger partial charge is 0.385 e. The van der Waals surface area contributed by atoms with Crippen molar-refractivity contribution in [1.82, 2.24) is 14.4 Å². The highest BCUT2D eigenvalue weighted by molar-refractivity contribution is 9.10. The number of fused-ring (bicyclic) bond motifs is 1. The monoisotopic (exact) mass is 324 g/mol. The van der Waals surface area contributed by atoms with Crippen molar-refractivity contribution in [3.8, 4) is 0 Å². The molecule has 3 rings (SSSR count). The van der Waals surface area contributed by atoms with E-state index >= 15 is 0 Å². The zero-order valence-corrected chi connectivity index (χ0v) is 12.5. The van der Waals surface area contributed by atoms with E-state index in [2.05, 4.69) is 31.2 Å². The summed E-state index contributed by atoms with van der Waals surface area (Å²) in [7, 11) is 1.76. The van der Waals surface area contributed by atoms with Crippen molar-refractivity contribution >= 4 is 27.4 Å². The van der Waals surface area contributed by atoms with Gasteiger partial charge in [-0.05, 0) is 40.6 Å². The molecule has 0 spiro atoms. The highest BCUT2D eigenvalue weighted by Crippen LogP contribution is 2.48. The standard InChI is InChI=1S/C13H17BrN4O/c1-19-7-4-13(2-3-13)9-16-11-12-15-5-6-18(12)8-10(14)17-11/h5-6,8H,2-4,7,9H2,1H3,(H,16,17). The molecule has 1 aliphatic rings. The lowest BCUT2D eigenvalue weighted by atomic mass is 10.0. The Kier molecular flexibility index (Phi) is 3.45. The fraction of sp³-hybridized carbons (Fsp3) is 0.538. The van der Waals surface area contributed by atoms with Crippen LogP contribution in [-0.2, 0) is 4.74 Å². The summed E-state index contributed by atoms with van der Waals surface area (Å²) < 4.78 is 7.95. The fourth-order valence-corrected chi connectivity index (χ4v) is 2.70. The zero-order valence-electron chi connectivity index (χ0n) is 10.9. The van der Waals surface area contributed by atoms with Crippen molar-refractivity contribution in [3.05, 3.63) is 23.2 Å². The molecule has 0 unspecified atom stereocenters. The Morgan fingerprint density at radius 1 is 1.53 bits per heavy atom. The van der Waals surface area contributed by atoms with Gasteiger partial charge in [-0.15, -0.1) is 0 Å². The van der Waals surface area contributed by atoms with E-state index in [1.54, 1.807) is 13.3 Å². The van der Waals surface area contributed by atoms with Crippen LogP contribution in [0, 0.1) is 5.41 Å². The van der Waals surface area contributed by atoms with Crippen LogP contribution >= 0.6 is 15.9 Å². The van der Waals surface area contributed by atoms with E-state index in [1.807, 2.05) is 16.8 Å². The molecule has 0 radical (unpaired) electrons. The van der Waals surface area contributed by atoms with Crippen molar-refractivity contribution < 1.29 is 4.74 Å². The van der Waals surface area contributed by atoms with Crippen LogP contribution in [0.2, 0.25) is 0 Å². The molecule has 0 aromatic carbocycles. The smallest absolute Gasteiger partial charge is 0.180 e. The van der Waals surface area contributed by atoms with Crippen molar-refractivity contribution in [1.29, 1.82) is 0 Å². The van der Waals surface area contributed by atoms with Crippen LogP contribution in [0.25, 0.3) is 5.65 Å². The van der Waals surface area contributed by atoms with Crippen LogP contribution < -0.4 is 5.32 Å². The number of halogens is 1. The molecule has 0 amide bonds. The van der Waals surface area contributed by atoms with E-state index in [4.69, 9.17) is 4.74 Å². The maximum absolute atomic E-state index is 5.18. The van der Waals surface area contributed by atoms with Gasteiger partial charge in [0.2, 0.25) is 0 Å². The first-order valence-electron chi connectivity index (χ1n) is 6.44. The van der Waals surface area contributed by atoms with Crippen molar-refractivity contribution in [2.45, 2.75) is 19.3 Å². The Balaban J connectivity index is 1.73. The first-order valence-corrected chi connectivity index (χ1v) is 7.24. The lowest BCUT2D eigenvalue weighted by Crippen LogP contribution is -2.18.